The molecule has 0 N–H and O–H groups in total. The molecule has 2 heterocycles. The summed E-state index contributed by atoms with van der Waals surface area (Å²) in [5, 5.41) is 2.52. The number of furan rings is 1. The van der Waals surface area contributed by atoms with E-state index in [9.17, 15) is 4.79 Å². The molecule has 2 rings (SSSR count). The van der Waals surface area contributed by atoms with Crippen LogP contribution in [0.2, 0.25) is 5.02 Å². The molecule has 5 heteroatoms. The van der Waals surface area contributed by atoms with Crippen LogP contribution in [0, 0.1) is 0 Å². The first-order chi connectivity index (χ1) is 7.18. The van der Waals surface area contributed by atoms with Gasteiger partial charge in [-0.25, -0.2) is 0 Å². The van der Waals surface area contributed by atoms with E-state index in [-0.39, 0.29) is 5.78 Å². The van der Waals surface area contributed by atoms with Gasteiger partial charge in [-0.3, -0.25) is 4.79 Å². The van der Waals surface area contributed by atoms with Crippen LogP contribution in [-0.4, -0.2) is 5.78 Å². The largest absolute Gasteiger partial charge is 0.457 e. The highest BCUT2D eigenvalue weighted by molar-refractivity contribution is 9.10. The normalized spacial score (nSPS) is 10.5. The van der Waals surface area contributed by atoms with Crippen LogP contribution >= 0.6 is 38.9 Å². The van der Waals surface area contributed by atoms with Crippen LogP contribution in [0.5, 0.6) is 0 Å². The second kappa shape index (κ2) is 4.51. The van der Waals surface area contributed by atoms with Crippen molar-refractivity contribution >= 4 is 44.7 Å². The number of Topliss-reactive ketones (excluding diaryl/α,β-unsaturated/α-hetero) is 1. The van der Waals surface area contributed by atoms with Crippen molar-refractivity contribution in [2.75, 3.05) is 0 Å². The maximum atomic E-state index is 11.8. The van der Waals surface area contributed by atoms with Crippen LogP contribution in [0.15, 0.2) is 32.9 Å². The zero-order valence-corrected chi connectivity index (χ0v) is 10.7. The molecule has 0 aromatic carbocycles. The molecule has 2 aromatic rings. The monoisotopic (exact) mass is 304 g/mol. The number of ketones is 1. The molecular weight excluding hydrogens is 300 g/mol. The topological polar surface area (TPSA) is 30.2 Å². The van der Waals surface area contributed by atoms with E-state index in [1.165, 1.54) is 17.6 Å². The highest BCUT2D eigenvalue weighted by Gasteiger charge is 2.15. The van der Waals surface area contributed by atoms with Gasteiger partial charge in [-0.1, -0.05) is 11.6 Å². The van der Waals surface area contributed by atoms with Crippen LogP contribution in [-0.2, 0) is 6.42 Å². The molecule has 0 bridgehead atoms. The van der Waals surface area contributed by atoms with E-state index in [0.717, 1.165) is 4.88 Å². The van der Waals surface area contributed by atoms with E-state index in [4.69, 9.17) is 16.0 Å². The minimum atomic E-state index is -0.0000231. The second-order valence-corrected chi connectivity index (χ2v) is 5.03. The van der Waals surface area contributed by atoms with Crippen molar-refractivity contribution in [3.8, 4) is 0 Å². The Labute approximate surface area is 104 Å². The minimum absolute atomic E-state index is 0.0000231. The Morgan fingerprint density at radius 1 is 1.53 bits per heavy atom. The molecule has 0 spiro atoms. The average molecular weight is 306 g/mol. The molecule has 0 aliphatic rings. The number of thiophene rings is 1. The van der Waals surface area contributed by atoms with Gasteiger partial charge in [-0.05, 0) is 33.4 Å². The molecule has 2 aromatic heterocycles. The van der Waals surface area contributed by atoms with Crippen molar-refractivity contribution in [2.24, 2.45) is 0 Å². The molecule has 0 fully saturated rings. The van der Waals surface area contributed by atoms with E-state index >= 15 is 0 Å². The fraction of sp³-hybridized carbons (Fsp3) is 0.100. The van der Waals surface area contributed by atoms with Gasteiger partial charge < -0.3 is 4.42 Å². The van der Waals surface area contributed by atoms with Gasteiger partial charge in [0.25, 0.3) is 0 Å². The smallest absolute Gasteiger partial charge is 0.179 e. The zero-order valence-electron chi connectivity index (χ0n) is 7.50. The van der Waals surface area contributed by atoms with Gasteiger partial charge in [0.05, 0.1) is 16.8 Å². The molecule has 78 valence electrons. The van der Waals surface area contributed by atoms with Crippen LogP contribution in [0.4, 0.5) is 0 Å². The highest BCUT2D eigenvalue weighted by atomic mass is 79.9. The third-order valence-corrected chi connectivity index (χ3v) is 3.93. The Morgan fingerprint density at radius 3 is 2.87 bits per heavy atom. The maximum absolute atomic E-state index is 11.8. The molecule has 0 saturated carbocycles. The highest BCUT2D eigenvalue weighted by Crippen LogP contribution is 2.25. The molecule has 2 nitrogen and oxygen atoms in total. The van der Waals surface area contributed by atoms with Gasteiger partial charge in [-0.15, -0.1) is 11.3 Å². The van der Waals surface area contributed by atoms with E-state index in [0.29, 0.717) is 21.7 Å². The minimum Gasteiger partial charge on any atom is -0.457 e. The first kappa shape index (κ1) is 10.9. The SMILES string of the molecule is O=C(Cc1sccc1Cl)c1ccoc1Br. The van der Waals surface area contributed by atoms with Crippen molar-refractivity contribution in [2.45, 2.75) is 6.42 Å². The molecule has 0 aliphatic carbocycles. The lowest BCUT2D eigenvalue weighted by molar-refractivity contribution is 0.0992. The molecule has 15 heavy (non-hydrogen) atoms. The number of rotatable bonds is 3. The summed E-state index contributed by atoms with van der Waals surface area (Å²) in [5.41, 5.74) is 0.555. The Kier molecular flexibility index (Phi) is 3.29. The van der Waals surface area contributed by atoms with Crippen LogP contribution in [0.3, 0.4) is 0 Å². The van der Waals surface area contributed by atoms with Crippen molar-refractivity contribution in [3.05, 3.63) is 43.9 Å². The first-order valence-electron chi connectivity index (χ1n) is 4.16. The van der Waals surface area contributed by atoms with Crippen molar-refractivity contribution in [1.29, 1.82) is 0 Å². The number of hydrogen-bond donors (Lipinski definition) is 0. The standard InChI is InChI=1S/C10H6BrClO2S/c11-10-6(1-3-14-10)8(13)5-9-7(12)2-4-15-9/h1-4H,5H2. The van der Waals surface area contributed by atoms with Crippen LogP contribution in [0.1, 0.15) is 15.2 Å². The summed E-state index contributed by atoms with van der Waals surface area (Å²) < 4.78 is 5.47. The summed E-state index contributed by atoms with van der Waals surface area (Å²) in [4.78, 5) is 12.7. The molecule has 0 radical (unpaired) electrons. The number of carbonyl (C=O) groups is 1. The van der Waals surface area contributed by atoms with Gasteiger partial charge in [0.1, 0.15) is 0 Å². The Hall–Kier alpha value is -0.580. The van der Waals surface area contributed by atoms with Crippen molar-refractivity contribution in [1.82, 2.24) is 0 Å². The van der Waals surface area contributed by atoms with Gasteiger partial charge in [0, 0.05) is 11.3 Å². The number of halogens is 2. The van der Waals surface area contributed by atoms with E-state index in [1.807, 2.05) is 5.38 Å². The second-order valence-electron chi connectivity index (χ2n) is 2.90. The summed E-state index contributed by atoms with van der Waals surface area (Å²) >= 11 is 10.6. The van der Waals surface area contributed by atoms with E-state index in [1.54, 1.807) is 12.1 Å². The first-order valence-corrected chi connectivity index (χ1v) is 6.21. The van der Waals surface area contributed by atoms with Gasteiger partial charge >= 0.3 is 0 Å². The summed E-state index contributed by atoms with van der Waals surface area (Å²) in [6, 6.07) is 3.44. The summed E-state index contributed by atoms with van der Waals surface area (Å²) in [6.07, 6.45) is 1.79. The zero-order chi connectivity index (χ0) is 10.8. The third-order valence-electron chi connectivity index (χ3n) is 1.93. The van der Waals surface area contributed by atoms with Gasteiger partial charge in [-0.2, -0.15) is 0 Å². The third kappa shape index (κ3) is 2.33. The lowest BCUT2D eigenvalue weighted by atomic mass is 10.1. The average Bonchev–Trinajstić information content (AvgIpc) is 2.76. The maximum Gasteiger partial charge on any atom is 0.179 e. The molecule has 0 aliphatic heterocycles. The molecule has 0 saturated heterocycles. The lowest BCUT2D eigenvalue weighted by Gasteiger charge is -1.96. The van der Waals surface area contributed by atoms with Gasteiger partial charge in [0.15, 0.2) is 10.5 Å². The predicted octanol–water partition coefficient (Wildman–Crippen LogP) is 4.18. The van der Waals surface area contributed by atoms with E-state index < -0.39 is 0 Å². The molecule has 0 unspecified atom stereocenters. The Morgan fingerprint density at radius 2 is 2.33 bits per heavy atom. The van der Waals surface area contributed by atoms with E-state index in [2.05, 4.69) is 15.9 Å². The predicted molar refractivity (Wildman–Crippen MR) is 63.8 cm³/mol. The summed E-state index contributed by atoms with van der Waals surface area (Å²) in [7, 11) is 0. The fourth-order valence-corrected chi connectivity index (χ4v) is 2.75. The molecule has 0 amide bonds. The quantitative estimate of drug-likeness (QED) is 0.796. The number of hydrogen-bond acceptors (Lipinski definition) is 3. The van der Waals surface area contributed by atoms with Crippen molar-refractivity contribution < 1.29 is 9.21 Å². The molecule has 0 atom stereocenters. The van der Waals surface area contributed by atoms with Crippen molar-refractivity contribution in [3.63, 3.8) is 0 Å². The fourth-order valence-electron chi connectivity index (χ4n) is 1.19. The summed E-state index contributed by atoms with van der Waals surface area (Å²) in [5.74, 6) is -0.0000231. The van der Waals surface area contributed by atoms with Crippen LogP contribution < -0.4 is 0 Å². The Balaban J connectivity index is 2.18. The lowest BCUT2D eigenvalue weighted by Crippen LogP contribution is -2.01. The van der Waals surface area contributed by atoms with Crippen LogP contribution in [0.25, 0.3) is 0 Å². The molecular formula is C10H6BrClO2S. The summed E-state index contributed by atoms with van der Waals surface area (Å²) in [6.45, 7) is 0. The Bertz CT molecular complexity index is 489. The van der Waals surface area contributed by atoms with Gasteiger partial charge in [0.2, 0.25) is 0 Å². The number of carbonyl (C=O) groups excluding carboxylic acids is 1.